The van der Waals surface area contributed by atoms with Crippen molar-refractivity contribution in [2.75, 3.05) is 6.54 Å². The predicted octanol–water partition coefficient (Wildman–Crippen LogP) is 2.85. The van der Waals surface area contributed by atoms with Crippen molar-refractivity contribution in [2.45, 2.75) is 58.3 Å². The number of Topliss-reactive ketones (excluding diaryl/α,β-unsaturated/α-hetero) is 1. The Kier molecular flexibility index (Phi) is 7.01. The van der Waals surface area contributed by atoms with Gasteiger partial charge in [0.15, 0.2) is 5.78 Å². The maximum Gasteiger partial charge on any atom is 0.253 e. The Morgan fingerprint density at radius 2 is 1.82 bits per heavy atom. The zero-order valence-corrected chi connectivity index (χ0v) is 20.0. The molecule has 7 heteroatoms. The molecule has 176 valence electrons. The highest BCUT2D eigenvalue weighted by Crippen LogP contribution is 2.38. The summed E-state index contributed by atoms with van der Waals surface area (Å²) in [6.07, 6.45) is 16.1. The van der Waals surface area contributed by atoms with Gasteiger partial charge >= 0.3 is 0 Å². The molecule has 0 radical (unpaired) electrons. The van der Waals surface area contributed by atoms with Crippen LogP contribution < -0.4 is 15.9 Å². The highest BCUT2D eigenvalue weighted by atomic mass is 16.1. The fraction of sp³-hybridized carbons (Fsp3) is 0.370. The Bertz CT molecular complexity index is 1290. The molecule has 3 aromatic rings. The lowest BCUT2D eigenvalue weighted by atomic mass is 9.70. The highest BCUT2D eigenvalue weighted by Gasteiger charge is 2.34. The van der Waals surface area contributed by atoms with Crippen LogP contribution in [0.1, 0.15) is 68.8 Å². The average molecular weight is 458 g/mol. The molecule has 0 aliphatic heterocycles. The first-order valence-electron chi connectivity index (χ1n) is 11.8. The van der Waals surface area contributed by atoms with Gasteiger partial charge in [0.1, 0.15) is 0 Å². The number of ketones is 1. The molecule has 3 aromatic heterocycles. The molecule has 0 atom stereocenters. The number of carbonyl (C=O) groups excluding carboxylic acids is 2. The number of pyridine rings is 1. The van der Waals surface area contributed by atoms with Gasteiger partial charge in [-0.15, -0.1) is 0 Å². The Morgan fingerprint density at radius 1 is 1.09 bits per heavy atom. The monoisotopic (exact) mass is 457 g/mol. The van der Waals surface area contributed by atoms with Crippen molar-refractivity contribution in [3.05, 3.63) is 70.9 Å². The quantitative estimate of drug-likeness (QED) is 0.615. The second-order valence-electron chi connectivity index (χ2n) is 8.96. The molecule has 7 nitrogen and oxygen atoms in total. The molecule has 1 amide bonds. The third-order valence-electron chi connectivity index (χ3n) is 6.90. The molecule has 34 heavy (non-hydrogen) atoms. The minimum absolute atomic E-state index is 0.0806. The van der Waals surface area contributed by atoms with Crippen molar-refractivity contribution in [2.24, 2.45) is 0 Å². The molecule has 0 unspecified atom stereocenters. The number of aromatic nitrogens is 4. The molecule has 0 bridgehead atoms. The summed E-state index contributed by atoms with van der Waals surface area (Å²) < 4.78 is 1.77. The summed E-state index contributed by atoms with van der Waals surface area (Å²) in [5.74, 6) is 0.163. The summed E-state index contributed by atoms with van der Waals surface area (Å²) in [7, 11) is 0. The maximum absolute atomic E-state index is 13.6. The summed E-state index contributed by atoms with van der Waals surface area (Å²) in [6, 6.07) is 5.81. The topological polar surface area (TPSA) is 89.8 Å². The van der Waals surface area contributed by atoms with E-state index >= 15 is 0 Å². The summed E-state index contributed by atoms with van der Waals surface area (Å²) >= 11 is 0. The molecule has 1 saturated carbocycles. The second-order valence-corrected chi connectivity index (χ2v) is 8.96. The number of nitrogens with zero attached hydrogens (tertiary/aromatic N) is 4. The SMILES string of the molecule is C/C=c1\c(=C(/C)C(C)=O)c(C(=O)NCC2(c3cccnc3)CCCCC2)cn1-c1ncccn1. The van der Waals surface area contributed by atoms with Crippen molar-refractivity contribution >= 4 is 23.3 Å². The van der Waals surface area contributed by atoms with Crippen molar-refractivity contribution in [3.63, 3.8) is 0 Å². The van der Waals surface area contributed by atoms with Crippen molar-refractivity contribution < 1.29 is 9.59 Å². The van der Waals surface area contributed by atoms with Crippen LogP contribution in [0.2, 0.25) is 0 Å². The average Bonchev–Trinajstić information content (AvgIpc) is 3.28. The molecular weight excluding hydrogens is 426 g/mol. The highest BCUT2D eigenvalue weighted by molar-refractivity contribution is 6.13. The first-order chi connectivity index (χ1) is 16.5. The summed E-state index contributed by atoms with van der Waals surface area (Å²) in [5, 5.41) is 4.55. The molecule has 4 rings (SSSR count). The van der Waals surface area contributed by atoms with Crippen molar-refractivity contribution in [1.82, 2.24) is 24.8 Å². The van der Waals surface area contributed by atoms with E-state index in [1.807, 2.05) is 25.3 Å². The van der Waals surface area contributed by atoms with Gasteiger partial charge in [-0.3, -0.25) is 19.1 Å². The van der Waals surface area contributed by atoms with E-state index in [2.05, 4.69) is 26.3 Å². The number of rotatable bonds is 6. The van der Waals surface area contributed by atoms with Gasteiger partial charge in [0, 0.05) is 53.7 Å². The van der Waals surface area contributed by atoms with Crippen molar-refractivity contribution in [1.29, 1.82) is 0 Å². The first kappa shape index (κ1) is 23.5. The third kappa shape index (κ3) is 4.55. The van der Waals surface area contributed by atoms with Crippen LogP contribution in [0.5, 0.6) is 0 Å². The normalized spacial score (nSPS) is 16.7. The number of amides is 1. The van der Waals surface area contributed by atoms with E-state index < -0.39 is 0 Å². The minimum Gasteiger partial charge on any atom is -0.351 e. The van der Waals surface area contributed by atoms with E-state index in [0.717, 1.165) is 31.0 Å². The Labute approximate surface area is 199 Å². The number of carbonyl (C=O) groups is 2. The van der Waals surface area contributed by atoms with E-state index in [0.29, 0.717) is 28.8 Å². The largest absolute Gasteiger partial charge is 0.351 e. The molecule has 1 aliphatic rings. The van der Waals surface area contributed by atoms with E-state index in [4.69, 9.17) is 0 Å². The second kappa shape index (κ2) is 10.1. The minimum atomic E-state index is -0.206. The lowest BCUT2D eigenvalue weighted by molar-refractivity contribution is -0.112. The molecule has 0 spiro atoms. The standard InChI is InChI=1S/C27H31N5O2/c1-4-23-24(19(2)20(3)33)22(17-32(23)26-29-14-9-15-30-26)25(34)31-18-27(11-6-5-7-12-27)21-10-8-13-28-16-21/h4,8-10,13-17H,5-7,11-12,18H2,1-3H3,(H,31,34)/b23-4+,24-19+. The van der Waals surface area contributed by atoms with Crippen molar-refractivity contribution in [3.8, 4) is 5.95 Å². The van der Waals surface area contributed by atoms with Crippen LogP contribution in [0.25, 0.3) is 17.6 Å². The lowest BCUT2D eigenvalue weighted by Gasteiger charge is -2.37. The fourth-order valence-electron chi connectivity index (χ4n) is 4.95. The third-order valence-corrected chi connectivity index (χ3v) is 6.90. The zero-order valence-electron chi connectivity index (χ0n) is 20.0. The Hall–Kier alpha value is -3.61. The smallest absolute Gasteiger partial charge is 0.253 e. The van der Waals surface area contributed by atoms with Gasteiger partial charge in [0.05, 0.1) is 10.9 Å². The van der Waals surface area contributed by atoms with Crippen LogP contribution in [-0.4, -0.2) is 37.8 Å². The van der Waals surface area contributed by atoms with Crippen LogP contribution in [0.4, 0.5) is 0 Å². The van der Waals surface area contributed by atoms with Gasteiger partial charge in [-0.1, -0.05) is 31.4 Å². The molecular formula is C27H31N5O2. The molecule has 0 saturated heterocycles. The Morgan fingerprint density at radius 3 is 2.44 bits per heavy atom. The number of hydrogen-bond acceptors (Lipinski definition) is 5. The van der Waals surface area contributed by atoms with E-state index in [-0.39, 0.29) is 17.1 Å². The Balaban J connectivity index is 1.75. The summed E-state index contributed by atoms with van der Waals surface area (Å²) in [4.78, 5) is 39.0. The number of nitrogens with one attached hydrogen (secondary N) is 1. The summed E-state index contributed by atoms with van der Waals surface area (Å²) in [6.45, 7) is 5.68. The molecule has 3 heterocycles. The fourth-order valence-corrected chi connectivity index (χ4v) is 4.95. The van der Waals surface area contributed by atoms with Gasteiger partial charge in [-0.05, 0) is 51.3 Å². The van der Waals surface area contributed by atoms with Crippen LogP contribution in [-0.2, 0) is 10.2 Å². The molecule has 0 aromatic carbocycles. The van der Waals surface area contributed by atoms with Crippen LogP contribution >= 0.6 is 0 Å². The van der Waals surface area contributed by atoms with E-state index in [9.17, 15) is 9.59 Å². The summed E-state index contributed by atoms with van der Waals surface area (Å²) in [5.41, 5.74) is 2.02. The van der Waals surface area contributed by atoms with Gasteiger partial charge in [-0.25, -0.2) is 9.97 Å². The molecule has 1 aliphatic carbocycles. The zero-order chi connectivity index (χ0) is 24.1. The predicted molar refractivity (Wildman–Crippen MR) is 132 cm³/mol. The van der Waals surface area contributed by atoms with E-state index in [1.165, 1.54) is 18.9 Å². The van der Waals surface area contributed by atoms with Crippen LogP contribution in [0.3, 0.4) is 0 Å². The maximum atomic E-state index is 13.6. The van der Waals surface area contributed by atoms with Gasteiger partial charge < -0.3 is 5.32 Å². The van der Waals surface area contributed by atoms with E-state index in [1.54, 1.807) is 42.3 Å². The van der Waals surface area contributed by atoms with Gasteiger partial charge in [0.2, 0.25) is 5.95 Å². The van der Waals surface area contributed by atoms with Gasteiger partial charge in [-0.2, -0.15) is 0 Å². The first-order valence-corrected chi connectivity index (χ1v) is 11.8. The van der Waals surface area contributed by atoms with Gasteiger partial charge in [0.25, 0.3) is 5.91 Å². The lowest BCUT2D eigenvalue weighted by Crippen LogP contribution is -2.44. The molecule has 1 N–H and O–H groups in total. The number of hydrogen-bond donors (Lipinski definition) is 1. The molecule has 1 fully saturated rings. The van der Waals surface area contributed by atoms with Crippen LogP contribution in [0.15, 0.2) is 49.2 Å². The van der Waals surface area contributed by atoms with Crippen LogP contribution in [0, 0.1) is 0 Å².